The van der Waals surface area contributed by atoms with Gasteiger partial charge in [-0.1, -0.05) is 84.9 Å². The Kier molecular flexibility index (Phi) is 8.05. The van der Waals surface area contributed by atoms with Crippen LogP contribution in [0.5, 0.6) is 0 Å². The van der Waals surface area contributed by atoms with Gasteiger partial charge in [0.2, 0.25) is 0 Å². The molecule has 11 aromatic rings. The first-order valence-corrected chi connectivity index (χ1v) is 20.3. The van der Waals surface area contributed by atoms with Crippen molar-refractivity contribution in [2.45, 2.75) is 27.7 Å². The number of benzene rings is 9. The third-order valence-electron chi connectivity index (χ3n) is 12.1. The molecule has 2 aromatic heterocycles. The highest BCUT2D eigenvalue weighted by Crippen LogP contribution is 2.45. The summed E-state index contributed by atoms with van der Waals surface area (Å²) in [6, 6.07) is 60.3. The standard InChI is InChI=1S/C55H39N3O2/c1-33-13-5-9-17-48(33)57(49-18-10-6-14-34(49)2)41-23-21-37-27-43-45-31-46-44-28-38-22-24-42(58(50-19-11-7-15-35(50)3)51-20-12-8-16-36(51)4)26-40(38)30-53(44)60-55(46)47(32-56)54(45)59-52(43)29-39(37)25-41/h5-31H,1-4H3. The van der Waals surface area contributed by atoms with E-state index < -0.39 is 0 Å². The Morgan fingerprint density at radius 2 is 0.750 bits per heavy atom. The minimum absolute atomic E-state index is 0.403. The van der Waals surface area contributed by atoms with E-state index in [0.29, 0.717) is 16.7 Å². The van der Waals surface area contributed by atoms with Gasteiger partial charge in [0, 0.05) is 55.7 Å². The lowest BCUT2D eigenvalue weighted by Gasteiger charge is -2.28. The predicted molar refractivity (Wildman–Crippen MR) is 249 cm³/mol. The molecule has 0 saturated heterocycles. The van der Waals surface area contributed by atoms with Crippen LogP contribution in [0, 0.1) is 39.0 Å². The van der Waals surface area contributed by atoms with Crippen LogP contribution in [0.1, 0.15) is 27.8 Å². The summed E-state index contributed by atoms with van der Waals surface area (Å²) in [5, 5.41) is 18.7. The van der Waals surface area contributed by atoms with Crippen LogP contribution in [0.25, 0.3) is 65.4 Å². The van der Waals surface area contributed by atoms with Crippen molar-refractivity contribution >= 4 is 99.5 Å². The summed E-state index contributed by atoms with van der Waals surface area (Å²) in [5.41, 5.74) is 14.3. The molecule has 0 saturated carbocycles. The van der Waals surface area contributed by atoms with Crippen molar-refractivity contribution in [1.82, 2.24) is 0 Å². The summed E-state index contributed by atoms with van der Waals surface area (Å²) >= 11 is 0. The van der Waals surface area contributed by atoms with Gasteiger partial charge in [0.25, 0.3) is 0 Å². The van der Waals surface area contributed by atoms with Crippen molar-refractivity contribution in [2.75, 3.05) is 9.80 Å². The van der Waals surface area contributed by atoms with Gasteiger partial charge in [-0.05, 0) is 150 Å². The van der Waals surface area contributed by atoms with Crippen LogP contribution >= 0.6 is 0 Å². The smallest absolute Gasteiger partial charge is 0.157 e. The molecule has 5 nitrogen and oxygen atoms in total. The molecule has 9 aromatic carbocycles. The second-order valence-corrected chi connectivity index (χ2v) is 15.9. The van der Waals surface area contributed by atoms with Crippen LogP contribution in [-0.4, -0.2) is 0 Å². The fourth-order valence-electron chi connectivity index (χ4n) is 9.05. The largest absolute Gasteiger partial charge is 0.454 e. The summed E-state index contributed by atoms with van der Waals surface area (Å²) in [4.78, 5) is 4.66. The zero-order valence-corrected chi connectivity index (χ0v) is 33.7. The van der Waals surface area contributed by atoms with Gasteiger partial charge in [-0.2, -0.15) is 5.26 Å². The maximum Gasteiger partial charge on any atom is 0.157 e. The number of para-hydroxylation sites is 4. The fraction of sp³-hybridized carbons (Fsp3) is 0.0727. The number of rotatable bonds is 6. The number of fused-ring (bicyclic) bond motifs is 8. The Labute approximate surface area is 347 Å². The van der Waals surface area contributed by atoms with Crippen LogP contribution in [0.15, 0.2) is 173 Å². The molecule has 11 rings (SSSR count). The fourth-order valence-corrected chi connectivity index (χ4v) is 9.05. The van der Waals surface area contributed by atoms with Crippen LogP contribution < -0.4 is 9.80 Å². The number of nitrogens with zero attached hydrogens (tertiary/aromatic N) is 3. The molecule has 0 bridgehead atoms. The van der Waals surface area contributed by atoms with E-state index >= 15 is 0 Å². The van der Waals surface area contributed by atoms with E-state index in [4.69, 9.17) is 8.83 Å². The molecule has 0 aliphatic carbocycles. The van der Waals surface area contributed by atoms with Gasteiger partial charge in [0.05, 0.1) is 0 Å². The molecule has 0 radical (unpaired) electrons. The number of anilines is 6. The minimum atomic E-state index is 0.403. The van der Waals surface area contributed by atoms with E-state index in [1.807, 2.05) is 0 Å². The number of aryl methyl sites for hydroxylation is 4. The van der Waals surface area contributed by atoms with Crippen molar-refractivity contribution in [2.24, 2.45) is 0 Å². The molecule has 2 heterocycles. The van der Waals surface area contributed by atoms with Gasteiger partial charge < -0.3 is 18.6 Å². The van der Waals surface area contributed by atoms with Crippen molar-refractivity contribution in [3.8, 4) is 6.07 Å². The molecule has 0 aliphatic heterocycles. The van der Waals surface area contributed by atoms with E-state index in [0.717, 1.165) is 88.4 Å². The van der Waals surface area contributed by atoms with E-state index in [1.165, 1.54) is 22.3 Å². The summed E-state index contributed by atoms with van der Waals surface area (Å²) in [6.07, 6.45) is 0. The third kappa shape index (κ3) is 5.53. The number of furan rings is 2. The first kappa shape index (κ1) is 35.4. The highest BCUT2D eigenvalue weighted by Gasteiger charge is 2.23. The van der Waals surface area contributed by atoms with Gasteiger partial charge in [0.1, 0.15) is 22.8 Å². The summed E-state index contributed by atoms with van der Waals surface area (Å²) in [7, 11) is 0. The molecule has 286 valence electrons. The van der Waals surface area contributed by atoms with Gasteiger partial charge in [-0.3, -0.25) is 0 Å². The maximum absolute atomic E-state index is 10.7. The molecule has 5 heteroatoms. The van der Waals surface area contributed by atoms with Crippen molar-refractivity contribution in [3.63, 3.8) is 0 Å². The third-order valence-corrected chi connectivity index (χ3v) is 12.1. The lowest BCUT2D eigenvalue weighted by molar-refractivity contribution is 0.654. The Balaban J connectivity index is 1.05. The SMILES string of the molecule is Cc1ccccc1N(c1ccc2cc3c(cc2c1)oc1c(C#N)c2oc4cc5cc(N(c6ccccc6C)c6ccccc6C)ccc5cc4c2cc13)c1ccccc1C. The number of nitriles is 1. The monoisotopic (exact) mass is 773 g/mol. The number of hydrogen-bond donors (Lipinski definition) is 0. The topological polar surface area (TPSA) is 56.6 Å². The first-order chi connectivity index (χ1) is 29.3. The predicted octanol–water partition coefficient (Wildman–Crippen LogP) is 15.8. The Morgan fingerprint density at radius 3 is 1.10 bits per heavy atom. The summed E-state index contributed by atoms with van der Waals surface area (Å²) < 4.78 is 13.2. The molecule has 0 aliphatic rings. The molecule has 0 amide bonds. The lowest BCUT2D eigenvalue weighted by atomic mass is 10.00. The summed E-state index contributed by atoms with van der Waals surface area (Å²) in [6.45, 7) is 8.60. The lowest BCUT2D eigenvalue weighted by Crippen LogP contribution is -2.12. The van der Waals surface area contributed by atoms with Gasteiger partial charge in [0.15, 0.2) is 11.2 Å². The molecule has 0 atom stereocenters. The second-order valence-electron chi connectivity index (χ2n) is 15.9. The molecule has 0 N–H and O–H groups in total. The maximum atomic E-state index is 10.7. The highest BCUT2D eigenvalue weighted by molar-refractivity contribution is 6.20. The van der Waals surface area contributed by atoms with E-state index in [-0.39, 0.29) is 0 Å². The molecule has 0 spiro atoms. The van der Waals surface area contributed by atoms with Crippen LogP contribution in [0.3, 0.4) is 0 Å². The van der Waals surface area contributed by atoms with Crippen LogP contribution in [0.2, 0.25) is 0 Å². The zero-order chi connectivity index (χ0) is 40.6. The average Bonchev–Trinajstić information content (AvgIpc) is 3.80. The average molecular weight is 774 g/mol. The van der Waals surface area contributed by atoms with Gasteiger partial charge >= 0.3 is 0 Å². The second kappa shape index (κ2) is 13.7. The van der Waals surface area contributed by atoms with E-state index in [9.17, 15) is 5.26 Å². The Hall–Kier alpha value is -7.81. The van der Waals surface area contributed by atoms with Gasteiger partial charge in [-0.25, -0.2) is 0 Å². The van der Waals surface area contributed by atoms with Crippen molar-refractivity contribution in [1.29, 1.82) is 5.26 Å². The normalized spacial score (nSPS) is 11.7. The van der Waals surface area contributed by atoms with E-state index in [1.54, 1.807) is 0 Å². The Bertz CT molecular complexity index is 3270. The Morgan fingerprint density at radius 1 is 0.383 bits per heavy atom. The minimum Gasteiger partial charge on any atom is -0.454 e. The zero-order valence-electron chi connectivity index (χ0n) is 33.7. The van der Waals surface area contributed by atoms with Crippen molar-refractivity contribution in [3.05, 3.63) is 192 Å². The molecule has 0 fully saturated rings. The molecule has 60 heavy (non-hydrogen) atoms. The summed E-state index contributed by atoms with van der Waals surface area (Å²) in [5.74, 6) is 0. The molecule has 0 unspecified atom stereocenters. The quantitative estimate of drug-likeness (QED) is 0.168. The van der Waals surface area contributed by atoms with Crippen LogP contribution in [-0.2, 0) is 0 Å². The van der Waals surface area contributed by atoms with Crippen LogP contribution in [0.4, 0.5) is 34.1 Å². The molecular weight excluding hydrogens is 735 g/mol. The van der Waals surface area contributed by atoms with E-state index in [2.05, 4.69) is 207 Å². The molecular formula is C55H39N3O2. The highest BCUT2D eigenvalue weighted by atomic mass is 16.3. The first-order valence-electron chi connectivity index (χ1n) is 20.3. The van der Waals surface area contributed by atoms with Gasteiger partial charge in [-0.15, -0.1) is 0 Å². The van der Waals surface area contributed by atoms with Crippen molar-refractivity contribution < 1.29 is 8.83 Å². The number of hydrogen-bond acceptors (Lipinski definition) is 5.